The topological polar surface area (TPSA) is 197 Å². The number of aliphatic hydroxyl groups excluding tert-OH is 2. The van der Waals surface area contributed by atoms with E-state index in [1.165, 1.54) is 13.2 Å². The molecule has 2 fully saturated rings. The molecule has 0 aromatic heterocycles. The smallest absolute Gasteiger partial charge is 0.308 e. The van der Waals surface area contributed by atoms with Crippen LogP contribution in [0.5, 0.6) is 0 Å². The van der Waals surface area contributed by atoms with Crippen molar-refractivity contribution in [3.8, 4) is 0 Å². The van der Waals surface area contributed by atoms with Crippen LogP contribution in [-0.2, 0) is 52.3 Å². The third kappa shape index (κ3) is 13.2. The molecule has 55 heavy (non-hydrogen) atoms. The number of aldehydes is 1. The average molecular weight is 784 g/mol. The van der Waals surface area contributed by atoms with Crippen LogP contribution in [0.25, 0.3) is 0 Å². The quantitative estimate of drug-likeness (QED) is 0.204. The number of cyclic esters (lactones) is 1. The molecule has 15 heteroatoms. The number of carbonyl (C=O) groups excluding carboxylic acids is 4. The van der Waals surface area contributed by atoms with Gasteiger partial charge in [-0.3, -0.25) is 14.4 Å². The van der Waals surface area contributed by atoms with Crippen LogP contribution in [0.3, 0.4) is 0 Å². The number of carbonyl (C=O) groups is 4. The summed E-state index contributed by atoms with van der Waals surface area (Å²) >= 11 is 0. The molecule has 3 rings (SSSR count). The highest BCUT2D eigenvalue weighted by atomic mass is 16.7. The number of aliphatic hydroxyl groups is 3. The molecule has 3 aliphatic heterocycles. The van der Waals surface area contributed by atoms with E-state index in [0.717, 1.165) is 0 Å². The summed E-state index contributed by atoms with van der Waals surface area (Å²) in [6.45, 7) is 12.2. The van der Waals surface area contributed by atoms with Gasteiger partial charge >= 0.3 is 11.9 Å². The van der Waals surface area contributed by atoms with Crippen molar-refractivity contribution in [1.29, 1.82) is 0 Å². The molecule has 0 radical (unpaired) electrons. The maximum atomic E-state index is 13.1. The molecular weight excluding hydrogens is 718 g/mol. The number of ketones is 1. The molecule has 1 unspecified atom stereocenters. The summed E-state index contributed by atoms with van der Waals surface area (Å²) in [6, 6.07) is -0.768. The van der Waals surface area contributed by atoms with Crippen LogP contribution in [0.4, 0.5) is 0 Å². The molecule has 15 atom stereocenters. The van der Waals surface area contributed by atoms with Crippen molar-refractivity contribution in [3.63, 3.8) is 0 Å². The second kappa shape index (κ2) is 21.2. The van der Waals surface area contributed by atoms with Gasteiger partial charge in [-0.25, -0.2) is 0 Å². The van der Waals surface area contributed by atoms with E-state index in [1.54, 1.807) is 71.8 Å². The number of esters is 2. The minimum atomic E-state index is -1.49. The van der Waals surface area contributed by atoms with Crippen LogP contribution >= 0.6 is 0 Å². The van der Waals surface area contributed by atoms with Gasteiger partial charge in [0.05, 0.1) is 36.9 Å². The summed E-state index contributed by atoms with van der Waals surface area (Å²) in [5, 5.41) is 34.7. The van der Waals surface area contributed by atoms with Crippen molar-refractivity contribution >= 4 is 24.0 Å². The molecule has 15 nitrogen and oxygen atoms in total. The predicted octanol–water partition coefficient (Wildman–Crippen LogP) is 2.65. The molecule has 0 aromatic rings. The zero-order valence-corrected chi connectivity index (χ0v) is 34.1. The second-order valence-corrected chi connectivity index (χ2v) is 16.2. The van der Waals surface area contributed by atoms with E-state index in [4.69, 9.17) is 33.2 Å². The number of rotatable bonds is 11. The monoisotopic (exact) mass is 783 g/mol. The zero-order chi connectivity index (χ0) is 41.2. The van der Waals surface area contributed by atoms with Crippen molar-refractivity contribution < 1.29 is 67.7 Å². The molecule has 0 aromatic carbocycles. The van der Waals surface area contributed by atoms with Gasteiger partial charge in [0.1, 0.15) is 36.3 Å². The first kappa shape index (κ1) is 46.8. The summed E-state index contributed by atoms with van der Waals surface area (Å²) < 4.78 is 42.3. The van der Waals surface area contributed by atoms with Crippen molar-refractivity contribution in [1.82, 2.24) is 4.90 Å². The summed E-state index contributed by atoms with van der Waals surface area (Å²) in [5.74, 6) is -2.50. The van der Waals surface area contributed by atoms with Gasteiger partial charge < -0.3 is 58.2 Å². The van der Waals surface area contributed by atoms with E-state index in [9.17, 15) is 34.5 Å². The minimum Gasteiger partial charge on any atom is -0.462 e. The lowest BCUT2D eigenvalue weighted by atomic mass is 9.83. The number of nitrogens with zero attached hydrogens (tertiary/aromatic N) is 1. The van der Waals surface area contributed by atoms with Crippen molar-refractivity contribution in [2.45, 2.75) is 166 Å². The Labute approximate surface area is 325 Å². The highest BCUT2D eigenvalue weighted by Gasteiger charge is 2.52. The van der Waals surface area contributed by atoms with E-state index in [-0.39, 0.29) is 37.4 Å². The summed E-state index contributed by atoms with van der Waals surface area (Å²) in [6.07, 6.45) is -3.87. The Balaban J connectivity index is 1.90. The van der Waals surface area contributed by atoms with E-state index < -0.39 is 109 Å². The standard InChI is InChI=1S/C40H65NO14/c1-22(2)18-30(45)53-38-26(6)51-32(21-40(38,7)48)54-35-25(5)52-39(34(47)33(35)41(8)9)55-36-27(16-17-42)19-23(3)28(43)15-13-11-12-14-24(4)50-31(46)20-29(44)37(36)49-10/h11-13,15,17,22-27,29,32-39,44,47-48H,14,16,18-21H2,1-10H3/b12-11+,15-13+/t23-,24-,25-,26+,27?,29-,32+,33-,34-,35-,36+,37+,38+,39+,40-/m1/s1. The van der Waals surface area contributed by atoms with Crippen LogP contribution in [0.15, 0.2) is 24.3 Å². The first-order chi connectivity index (χ1) is 25.8. The largest absolute Gasteiger partial charge is 0.462 e. The third-order valence-electron chi connectivity index (χ3n) is 10.5. The summed E-state index contributed by atoms with van der Waals surface area (Å²) in [7, 11) is 4.83. The van der Waals surface area contributed by atoms with Crippen LogP contribution in [0.1, 0.15) is 87.0 Å². The molecule has 0 spiro atoms. The van der Waals surface area contributed by atoms with Gasteiger partial charge in [-0.05, 0) is 66.1 Å². The van der Waals surface area contributed by atoms with Gasteiger partial charge in [0.25, 0.3) is 0 Å². The molecule has 0 saturated carbocycles. The number of methoxy groups -OCH3 is 1. The van der Waals surface area contributed by atoms with Crippen molar-refractivity contribution in [2.24, 2.45) is 17.8 Å². The Hall–Kier alpha value is -2.60. The van der Waals surface area contributed by atoms with Gasteiger partial charge in [0, 0.05) is 38.7 Å². The van der Waals surface area contributed by atoms with Crippen LogP contribution in [0.2, 0.25) is 0 Å². The lowest BCUT2D eigenvalue weighted by Crippen LogP contribution is -2.66. The Morgan fingerprint density at radius 2 is 1.73 bits per heavy atom. The molecule has 0 bridgehead atoms. The number of hydrogen-bond acceptors (Lipinski definition) is 15. The average Bonchev–Trinajstić information content (AvgIpc) is 3.06. The maximum Gasteiger partial charge on any atom is 0.308 e. The van der Waals surface area contributed by atoms with Crippen LogP contribution in [-0.4, -0.2) is 145 Å². The van der Waals surface area contributed by atoms with E-state index >= 15 is 0 Å². The first-order valence-electron chi connectivity index (χ1n) is 19.4. The third-order valence-corrected chi connectivity index (χ3v) is 10.5. The zero-order valence-electron chi connectivity index (χ0n) is 34.1. The number of allylic oxidation sites excluding steroid dienone is 3. The fourth-order valence-corrected chi connectivity index (χ4v) is 7.68. The van der Waals surface area contributed by atoms with Gasteiger partial charge in [-0.2, -0.15) is 0 Å². The van der Waals surface area contributed by atoms with E-state index in [2.05, 4.69) is 0 Å². The molecular formula is C40H65NO14. The first-order valence-corrected chi connectivity index (χ1v) is 19.4. The molecule has 3 heterocycles. The number of likely N-dealkylation sites (N-methyl/N-ethyl adjacent to an activating group) is 1. The fraction of sp³-hybridized carbons (Fsp3) is 0.800. The minimum absolute atomic E-state index is 0.0389. The summed E-state index contributed by atoms with van der Waals surface area (Å²) in [5.41, 5.74) is -1.49. The Morgan fingerprint density at radius 3 is 2.33 bits per heavy atom. The molecule has 314 valence electrons. The highest BCUT2D eigenvalue weighted by molar-refractivity contribution is 5.91. The molecule has 3 N–H and O–H groups in total. The lowest BCUT2D eigenvalue weighted by Gasteiger charge is -2.50. The van der Waals surface area contributed by atoms with Gasteiger partial charge in [-0.15, -0.1) is 0 Å². The van der Waals surface area contributed by atoms with E-state index in [1.807, 2.05) is 13.8 Å². The Morgan fingerprint density at radius 1 is 1.04 bits per heavy atom. The molecule has 3 aliphatic rings. The second-order valence-electron chi connectivity index (χ2n) is 16.2. The molecule has 2 saturated heterocycles. The summed E-state index contributed by atoms with van der Waals surface area (Å²) in [4.78, 5) is 52.3. The predicted molar refractivity (Wildman–Crippen MR) is 199 cm³/mol. The highest BCUT2D eigenvalue weighted by Crippen LogP contribution is 2.37. The van der Waals surface area contributed by atoms with Crippen molar-refractivity contribution in [2.75, 3.05) is 21.2 Å². The lowest BCUT2D eigenvalue weighted by molar-refractivity contribution is -0.344. The van der Waals surface area contributed by atoms with Gasteiger partial charge in [0.15, 0.2) is 24.5 Å². The Kier molecular flexibility index (Phi) is 18.1. The maximum absolute atomic E-state index is 13.1. The van der Waals surface area contributed by atoms with Crippen molar-refractivity contribution in [3.05, 3.63) is 24.3 Å². The SMILES string of the molecule is CO[C@H]1[C@H](O)CC(=O)O[C@H](C)C/C=C/C=C/C(=O)[C@H](C)CC(CC=O)[C@@H]1O[C@@H]1O[C@H](C)[C@@H](O[C@H]2C[C@@](C)(O)[C@@H](OC(=O)CC(C)C)[C@H](C)O2)[C@H](N(C)C)[C@H]1O. The molecule has 0 amide bonds. The number of hydrogen-bond donors (Lipinski definition) is 3. The molecule has 0 aliphatic carbocycles. The number of ether oxygens (including phenoxy) is 7. The normalized spacial score (nSPS) is 41.1. The van der Waals surface area contributed by atoms with Crippen LogP contribution in [0, 0.1) is 17.8 Å². The van der Waals surface area contributed by atoms with Crippen LogP contribution < -0.4 is 0 Å². The fourth-order valence-electron chi connectivity index (χ4n) is 7.68. The van der Waals surface area contributed by atoms with E-state index in [0.29, 0.717) is 12.7 Å². The van der Waals surface area contributed by atoms with Gasteiger partial charge in [-0.1, -0.05) is 39.0 Å². The Bertz CT molecular complexity index is 1320. The van der Waals surface area contributed by atoms with Gasteiger partial charge in [0.2, 0.25) is 0 Å².